The van der Waals surface area contributed by atoms with Crippen molar-refractivity contribution in [1.29, 1.82) is 0 Å². The lowest BCUT2D eigenvalue weighted by Gasteiger charge is -2.18. The van der Waals surface area contributed by atoms with E-state index in [1.165, 1.54) is 6.92 Å². The molecule has 3 rings (SSSR count). The van der Waals surface area contributed by atoms with E-state index in [4.69, 9.17) is 4.74 Å². The number of ether oxygens (including phenoxy) is 1. The Hall–Kier alpha value is -2.30. The highest BCUT2D eigenvalue weighted by Gasteiger charge is 2.32. The first-order valence-corrected chi connectivity index (χ1v) is 6.48. The molecule has 0 aliphatic carbocycles. The zero-order valence-corrected chi connectivity index (χ0v) is 11.7. The molecule has 1 aromatic heterocycles. The van der Waals surface area contributed by atoms with Crippen LogP contribution in [0.1, 0.15) is 25.0 Å². The molecule has 0 bridgehead atoms. The highest BCUT2D eigenvalue weighted by atomic mass is 16.5. The molecule has 5 heteroatoms. The van der Waals surface area contributed by atoms with Gasteiger partial charge in [0.1, 0.15) is 17.2 Å². The number of aromatic nitrogens is 2. The summed E-state index contributed by atoms with van der Waals surface area (Å²) in [5.41, 5.74) is 1.37. The number of para-hydroxylation sites is 1. The van der Waals surface area contributed by atoms with Crippen LogP contribution in [0.4, 0.5) is 0 Å². The Morgan fingerprint density at radius 2 is 2.15 bits per heavy atom. The van der Waals surface area contributed by atoms with Gasteiger partial charge < -0.3 is 14.8 Å². The van der Waals surface area contributed by atoms with Crippen molar-refractivity contribution in [2.24, 2.45) is 0 Å². The van der Waals surface area contributed by atoms with Crippen molar-refractivity contribution in [3.63, 3.8) is 0 Å². The number of rotatable bonds is 1. The monoisotopic (exact) mass is 272 g/mol. The molecule has 2 heterocycles. The van der Waals surface area contributed by atoms with Gasteiger partial charge >= 0.3 is 0 Å². The Balaban J connectivity index is 2.19. The summed E-state index contributed by atoms with van der Waals surface area (Å²) in [6.45, 7) is 5.55. The number of benzene rings is 1. The number of nitrogens with zero attached hydrogens (tertiary/aromatic N) is 1. The molecule has 1 aromatic carbocycles. The van der Waals surface area contributed by atoms with Crippen LogP contribution in [0.2, 0.25) is 0 Å². The maximum atomic E-state index is 11.8. The van der Waals surface area contributed by atoms with Crippen molar-refractivity contribution in [3.8, 4) is 23.0 Å². The molecule has 0 saturated carbocycles. The van der Waals surface area contributed by atoms with Crippen molar-refractivity contribution in [2.45, 2.75) is 32.8 Å². The van der Waals surface area contributed by atoms with Gasteiger partial charge in [0, 0.05) is 6.42 Å². The minimum atomic E-state index is -0.345. The summed E-state index contributed by atoms with van der Waals surface area (Å²) in [5, 5.41) is 9.72. The third kappa shape index (κ3) is 1.95. The first-order valence-electron chi connectivity index (χ1n) is 6.48. The second-order valence-corrected chi connectivity index (χ2v) is 5.70. The highest BCUT2D eigenvalue weighted by Crippen LogP contribution is 2.41. The predicted molar refractivity (Wildman–Crippen MR) is 75.1 cm³/mol. The zero-order chi connectivity index (χ0) is 14.5. The molecule has 0 unspecified atom stereocenters. The van der Waals surface area contributed by atoms with Crippen molar-refractivity contribution in [2.75, 3.05) is 0 Å². The van der Waals surface area contributed by atoms with E-state index >= 15 is 0 Å². The van der Waals surface area contributed by atoms with Crippen LogP contribution in [0.3, 0.4) is 0 Å². The van der Waals surface area contributed by atoms with Crippen molar-refractivity contribution in [1.82, 2.24) is 9.97 Å². The molecular formula is C15H16N2O3. The molecule has 2 aromatic rings. The smallest absolute Gasteiger partial charge is 0.257 e. The number of aromatic amines is 1. The van der Waals surface area contributed by atoms with Crippen LogP contribution in [0, 0.1) is 6.92 Å². The molecule has 0 amide bonds. The largest absolute Gasteiger partial charge is 0.493 e. The minimum absolute atomic E-state index is 0.211. The predicted octanol–water partition coefficient (Wildman–Crippen LogP) is 2.16. The first-order chi connectivity index (χ1) is 9.37. The van der Waals surface area contributed by atoms with Gasteiger partial charge in [-0.25, -0.2) is 0 Å². The topological polar surface area (TPSA) is 75.2 Å². The molecule has 0 spiro atoms. The number of H-pyrrole nitrogens is 1. The van der Waals surface area contributed by atoms with Crippen LogP contribution in [0.5, 0.6) is 11.6 Å². The normalized spacial score (nSPS) is 15.8. The van der Waals surface area contributed by atoms with Gasteiger partial charge in [0.25, 0.3) is 5.56 Å². The third-order valence-corrected chi connectivity index (χ3v) is 3.47. The van der Waals surface area contributed by atoms with Crippen molar-refractivity contribution >= 4 is 0 Å². The van der Waals surface area contributed by atoms with Crippen LogP contribution in [0.25, 0.3) is 11.4 Å². The summed E-state index contributed by atoms with van der Waals surface area (Å²) in [5.74, 6) is 0.801. The first kappa shape index (κ1) is 12.7. The second-order valence-electron chi connectivity index (χ2n) is 5.70. The van der Waals surface area contributed by atoms with E-state index in [9.17, 15) is 9.90 Å². The lowest BCUT2D eigenvalue weighted by Crippen LogP contribution is -2.24. The summed E-state index contributed by atoms with van der Waals surface area (Å²) in [7, 11) is 0. The zero-order valence-electron chi connectivity index (χ0n) is 11.7. The summed E-state index contributed by atoms with van der Waals surface area (Å²) in [6.07, 6.45) is 0.804. The molecule has 2 N–H and O–H groups in total. The number of aromatic hydroxyl groups is 1. The lowest BCUT2D eigenvalue weighted by molar-refractivity contribution is 0.139. The van der Waals surface area contributed by atoms with Crippen molar-refractivity contribution < 1.29 is 9.84 Å². The fourth-order valence-electron chi connectivity index (χ4n) is 2.45. The minimum Gasteiger partial charge on any atom is -0.493 e. The fourth-order valence-corrected chi connectivity index (χ4v) is 2.45. The van der Waals surface area contributed by atoms with Crippen LogP contribution in [-0.4, -0.2) is 20.7 Å². The number of hydrogen-bond acceptors (Lipinski definition) is 4. The summed E-state index contributed by atoms with van der Waals surface area (Å²) in [4.78, 5) is 18.5. The van der Waals surface area contributed by atoms with E-state index in [-0.39, 0.29) is 22.6 Å². The van der Waals surface area contributed by atoms with E-state index in [0.29, 0.717) is 11.4 Å². The Bertz CT molecular complexity index is 747. The molecule has 104 valence electrons. The van der Waals surface area contributed by atoms with Gasteiger partial charge in [-0.1, -0.05) is 12.1 Å². The fraction of sp³-hybridized carbons (Fsp3) is 0.333. The number of hydrogen-bond donors (Lipinski definition) is 2. The van der Waals surface area contributed by atoms with E-state index in [1.807, 2.05) is 32.0 Å². The van der Waals surface area contributed by atoms with Gasteiger partial charge in [0.2, 0.25) is 5.88 Å². The van der Waals surface area contributed by atoms with Gasteiger partial charge in [0.15, 0.2) is 0 Å². The van der Waals surface area contributed by atoms with Crippen LogP contribution < -0.4 is 10.3 Å². The maximum absolute atomic E-state index is 11.8. The van der Waals surface area contributed by atoms with E-state index < -0.39 is 0 Å². The molecule has 1 aliphatic heterocycles. The Morgan fingerprint density at radius 3 is 2.85 bits per heavy atom. The van der Waals surface area contributed by atoms with Crippen LogP contribution in [0.15, 0.2) is 23.0 Å². The number of fused-ring (bicyclic) bond motifs is 1. The third-order valence-electron chi connectivity index (χ3n) is 3.47. The molecule has 0 radical (unpaired) electrons. The molecule has 5 nitrogen and oxygen atoms in total. The molecule has 20 heavy (non-hydrogen) atoms. The summed E-state index contributed by atoms with van der Waals surface area (Å²) >= 11 is 0. The molecule has 0 fully saturated rings. The standard InChI is InChI=1S/C15H16N2O3/c1-8-13(18)16-12(17-14(8)19)10-6-4-5-9-7-15(2,3)20-11(9)10/h4-6H,7H2,1-3H3,(H2,16,17,18,19). The summed E-state index contributed by atoms with van der Waals surface area (Å²) in [6, 6.07) is 5.73. The van der Waals surface area contributed by atoms with Gasteiger partial charge in [-0.3, -0.25) is 4.79 Å². The van der Waals surface area contributed by atoms with Crippen molar-refractivity contribution in [3.05, 3.63) is 39.7 Å². The lowest BCUT2D eigenvalue weighted by atomic mass is 10.0. The average molecular weight is 272 g/mol. The Labute approximate surface area is 116 Å². The van der Waals surface area contributed by atoms with Crippen LogP contribution >= 0.6 is 0 Å². The van der Waals surface area contributed by atoms with Gasteiger partial charge in [0.05, 0.1) is 11.1 Å². The SMILES string of the molecule is Cc1c(O)nc(-c2cccc3c2OC(C)(C)C3)[nH]c1=O. The van der Waals surface area contributed by atoms with Gasteiger partial charge in [-0.15, -0.1) is 0 Å². The van der Waals surface area contributed by atoms with E-state index in [2.05, 4.69) is 9.97 Å². The molecule has 0 saturated heterocycles. The summed E-state index contributed by atoms with van der Waals surface area (Å²) < 4.78 is 5.95. The Kier molecular flexibility index (Phi) is 2.61. The molecular weight excluding hydrogens is 256 g/mol. The van der Waals surface area contributed by atoms with E-state index in [0.717, 1.165) is 17.7 Å². The molecule has 1 aliphatic rings. The second kappa shape index (κ2) is 4.10. The number of nitrogens with one attached hydrogen (secondary N) is 1. The Morgan fingerprint density at radius 1 is 1.40 bits per heavy atom. The van der Waals surface area contributed by atoms with E-state index in [1.54, 1.807) is 0 Å². The molecule has 0 atom stereocenters. The average Bonchev–Trinajstić information content (AvgIpc) is 2.68. The quantitative estimate of drug-likeness (QED) is 0.834. The van der Waals surface area contributed by atoms with Gasteiger partial charge in [-0.05, 0) is 32.4 Å². The van der Waals surface area contributed by atoms with Crippen LogP contribution in [-0.2, 0) is 6.42 Å². The highest BCUT2D eigenvalue weighted by molar-refractivity contribution is 5.68. The van der Waals surface area contributed by atoms with Gasteiger partial charge in [-0.2, -0.15) is 4.98 Å². The maximum Gasteiger partial charge on any atom is 0.257 e.